The molecule has 0 atom stereocenters. The second kappa shape index (κ2) is 7.23. The maximum absolute atomic E-state index is 11.4. The zero-order valence-electron chi connectivity index (χ0n) is 9.29. The van der Waals surface area contributed by atoms with E-state index in [1.54, 1.807) is 18.2 Å². The van der Waals surface area contributed by atoms with Crippen molar-refractivity contribution in [1.82, 2.24) is 0 Å². The molecule has 17 heavy (non-hydrogen) atoms. The number of aliphatic hydroxyl groups excluding tert-OH is 1. The molecule has 0 saturated carbocycles. The fourth-order valence-corrected chi connectivity index (χ4v) is 1.66. The van der Waals surface area contributed by atoms with Crippen LogP contribution in [0.25, 0.3) is 0 Å². The minimum atomic E-state index is -0.198. The van der Waals surface area contributed by atoms with E-state index >= 15 is 0 Å². The molecule has 0 spiro atoms. The number of hydrogen-bond donors (Lipinski definition) is 2. The predicted octanol–water partition coefficient (Wildman–Crippen LogP) is 1.99. The zero-order chi connectivity index (χ0) is 12.7. The third-order valence-corrected chi connectivity index (χ3v) is 2.71. The van der Waals surface area contributed by atoms with Crippen LogP contribution in [0.15, 0.2) is 18.2 Å². The van der Waals surface area contributed by atoms with Crippen molar-refractivity contribution < 1.29 is 9.90 Å². The molecule has 0 aliphatic heterocycles. The summed E-state index contributed by atoms with van der Waals surface area (Å²) in [6.07, 6.45) is 1.85. The van der Waals surface area contributed by atoms with Crippen LogP contribution in [0.2, 0.25) is 5.02 Å². The third kappa shape index (κ3) is 4.70. The molecule has 0 saturated heterocycles. The first-order valence-electron chi connectivity index (χ1n) is 4.85. The Morgan fingerprint density at radius 1 is 1.59 bits per heavy atom. The van der Waals surface area contributed by atoms with E-state index in [-0.39, 0.29) is 12.5 Å². The maximum atomic E-state index is 11.4. The van der Waals surface area contributed by atoms with Crippen LogP contribution < -0.4 is 5.32 Å². The smallest absolute Gasteiger partial charge is 0.234 e. The van der Waals surface area contributed by atoms with Crippen molar-refractivity contribution in [1.29, 1.82) is 0 Å². The Hall–Kier alpha value is -1.15. The number of aliphatic hydroxyl groups is 1. The lowest BCUT2D eigenvalue weighted by Gasteiger charge is -2.06. The van der Waals surface area contributed by atoms with E-state index in [4.69, 9.17) is 16.7 Å². The van der Waals surface area contributed by atoms with E-state index < -0.39 is 0 Å². The van der Waals surface area contributed by atoms with Crippen LogP contribution in [0.4, 0.5) is 5.69 Å². The summed E-state index contributed by atoms with van der Waals surface area (Å²) in [4.78, 5) is 11.4. The van der Waals surface area contributed by atoms with Crippen molar-refractivity contribution in [3.05, 3.63) is 28.8 Å². The van der Waals surface area contributed by atoms with Crippen LogP contribution >= 0.6 is 23.4 Å². The monoisotopic (exact) mass is 269 g/mol. The molecule has 0 aliphatic carbocycles. The van der Waals surface area contributed by atoms with Gasteiger partial charge in [0, 0.05) is 5.56 Å². The van der Waals surface area contributed by atoms with Gasteiger partial charge in [-0.05, 0) is 24.5 Å². The Labute approximate surface area is 110 Å². The summed E-state index contributed by atoms with van der Waals surface area (Å²) >= 11 is 7.39. The summed E-state index contributed by atoms with van der Waals surface area (Å²) in [5, 5.41) is 11.8. The Morgan fingerprint density at radius 2 is 2.35 bits per heavy atom. The topological polar surface area (TPSA) is 49.3 Å². The van der Waals surface area contributed by atoms with Gasteiger partial charge in [0.15, 0.2) is 0 Å². The Balaban J connectivity index is 2.86. The van der Waals surface area contributed by atoms with Gasteiger partial charge in [0.1, 0.15) is 6.61 Å². The third-order valence-electron chi connectivity index (χ3n) is 1.83. The highest BCUT2D eigenvalue weighted by Gasteiger charge is 2.05. The molecular formula is C12H12ClNO2S. The molecule has 0 unspecified atom stereocenters. The molecule has 0 aliphatic rings. The molecule has 0 bridgehead atoms. The number of rotatable bonds is 3. The van der Waals surface area contributed by atoms with Gasteiger partial charge in [-0.2, -0.15) is 11.8 Å². The van der Waals surface area contributed by atoms with Gasteiger partial charge in [0.25, 0.3) is 0 Å². The molecule has 1 rings (SSSR count). The number of anilines is 1. The Kier molecular flexibility index (Phi) is 5.92. The lowest BCUT2D eigenvalue weighted by Crippen LogP contribution is -2.14. The van der Waals surface area contributed by atoms with E-state index in [0.717, 1.165) is 0 Å². The number of benzene rings is 1. The molecule has 0 heterocycles. The quantitative estimate of drug-likeness (QED) is 0.825. The van der Waals surface area contributed by atoms with E-state index in [0.29, 0.717) is 22.0 Å². The van der Waals surface area contributed by atoms with Crippen LogP contribution in [0.1, 0.15) is 5.56 Å². The summed E-state index contributed by atoms with van der Waals surface area (Å²) < 4.78 is 0. The van der Waals surface area contributed by atoms with Gasteiger partial charge in [-0.25, -0.2) is 0 Å². The average Bonchev–Trinajstić information content (AvgIpc) is 2.30. The molecule has 2 N–H and O–H groups in total. The van der Waals surface area contributed by atoms with Crippen molar-refractivity contribution in [3.8, 4) is 11.8 Å². The highest BCUT2D eigenvalue weighted by Crippen LogP contribution is 2.22. The van der Waals surface area contributed by atoms with Gasteiger partial charge < -0.3 is 10.4 Å². The summed E-state index contributed by atoms with van der Waals surface area (Å²) in [7, 11) is 0. The van der Waals surface area contributed by atoms with Crippen molar-refractivity contribution in [2.75, 3.05) is 23.9 Å². The molecule has 5 heteroatoms. The number of hydrogen-bond acceptors (Lipinski definition) is 3. The molecular weight excluding hydrogens is 258 g/mol. The second-order valence-corrected chi connectivity index (χ2v) is 4.41. The zero-order valence-corrected chi connectivity index (χ0v) is 10.9. The van der Waals surface area contributed by atoms with Crippen LogP contribution in [-0.2, 0) is 4.79 Å². The SMILES string of the molecule is CSCC(=O)Nc1cc(C#CCO)ccc1Cl. The first-order valence-corrected chi connectivity index (χ1v) is 6.62. The highest BCUT2D eigenvalue weighted by atomic mass is 35.5. The van der Waals surface area contributed by atoms with Gasteiger partial charge in [0.2, 0.25) is 5.91 Å². The largest absolute Gasteiger partial charge is 0.384 e. The van der Waals surface area contributed by atoms with Gasteiger partial charge in [-0.15, -0.1) is 0 Å². The van der Waals surface area contributed by atoms with Gasteiger partial charge in [0.05, 0.1) is 16.5 Å². The van der Waals surface area contributed by atoms with Crippen molar-refractivity contribution in [2.24, 2.45) is 0 Å². The van der Waals surface area contributed by atoms with E-state index in [9.17, 15) is 4.79 Å². The van der Waals surface area contributed by atoms with Crippen LogP contribution in [0.5, 0.6) is 0 Å². The molecule has 0 aromatic heterocycles. The molecule has 3 nitrogen and oxygen atoms in total. The summed E-state index contributed by atoms with van der Waals surface area (Å²) in [5.74, 6) is 5.56. The molecule has 0 radical (unpaired) electrons. The van der Waals surface area contributed by atoms with Gasteiger partial charge in [-0.1, -0.05) is 23.4 Å². The van der Waals surface area contributed by atoms with Gasteiger partial charge in [-0.3, -0.25) is 4.79 Å². The number of nitrogens with one attached hydrogen (secondary N) is 1. The fraction of sp³-hybridized carbons (Fsp3) is 0.250. The molecule has 1 aromatic rings. The van der Waals surface area contributed by atoms with Crippen LogP contribution in [0, 0.1) is 11.8 Å². The number of carbonyl (C=O) groups is 1. The lowest BCUT2D eigenvalue weighted by molar-refractivity contribution is -0.113. The van der Waals surface area contributed by atoms with E-state index in [2.05, 4.69) is 17.2 Å². The number of halogens is 1. The van der Waals surface area contributed by atoms with Gasteiger partial charge >= 0.3 is 0 Å². The first kappa shape index (κ1) is 13.9. The van der Waals surface area contributed by atoms with E-state index in [1.165, 1.54) is 11.8 Å². The molecule has 90 valence electrons. The van der Waals surface area contributed by atoms with Crippen molar-refractivity contribution in [3.63, 3.8) is 0 Å². The number of amides is 1. The first-order chi connectivity index (χ1) is 8.17. The standard InChI is InChI=1S/C12H12ClNO2S/c1-17-8-12(16)14-11-7-9(3-2-6-15)4-5-10(11)13/h4-5,7,15H,6,8H2,1H3,(H,14,16). The van der Waals surface area contributed by atoms with Crippen LogP contribution in [-0.4, -0.2) is 29.6 Å². The predicted molar refractivity (Wildman–Crippen MR) is 72.4 cm³/mol. The average molecular weight is 270 g/mol. The van der Waals surface area contributed by atoms with Crippen LogP contribution in [0.3, 0.4) is 0 Å². The molecule has 1 amide bonds. The second-order valence-electron chi connectivity index (χ2n) is 3.14. The summed E-state index contributed by atoms with van der Waals surface area (Å²) in [5.41, 5.74) is 1.23. The van der Waals surface area contributed by atoms with Crippen molar-refractivity contribution in [2.45, 2.75) is 0 Å². The maximum Gasteiger partial charge on any atom is 0.234 e. The number of carbonyl (C=O) groups excluding carboxylic acids is 1. The normalized spacial score (nSPS) is 9.35. The lowest BCUT2D eigenvalue weighted by atomic mass is 10.2. The fourth-order valence-electron chi connectivity index (χ4n) is 1.16. The summed E-state index contributed by atoms with van der Waals surface area (Å²) in [6.45, 7) is -0.198. The Bertz CT molecular complexity index is 465. The minimum Gasteiger partial charge on any atom is -0.384 e. The minimum absolute atomic E-state index is 0.105. The van der Waals surface area contributed by atoms with Crippen molar-refractivity contribution >= 4 is 35.0 Å². The Morgan fingerprint density at radius 3 is 3.00 bits per heavy atom. The molecule has 0 fully saturated rings. The highest BCUT2D eigenvalue weighted by molar-refractivity contribution is 7.99. The number of thioether (sulfide) groups is 1. The summed E-state index contributed by atoms with van der Waals surface area (Å²) in [6, 6.07) is 5.08. The van der Waals surface area contributed by atoms with E-state index in [1.807, 2.05) is 6.26 Å². The molecule has 1 aromatic carbocycles.